The number of benzene rings is 1. The van der Waals surface area contributed by atoms with Crippen LogP contribution in [0.15, 0.2) is 30.5 Å². The summed E-state index contributed by atoms with van der Waals surface area (Å²) in [5, 5.41) is 14.5. The third-order valence-electron chi connectivity index (χ3n) is 4.78. The van der Waals surface area contributed by atoms with E-state index >= 15 is 0 Å². The third-order valence-corrected chi connectivity index (χ3v) is 4.78. The van der Waals surface area contributed by atoms with E-state index in [4.69, 9.17) is 10.8 Å². The molecule has 1 aromatic heterocycles. The van der Waals surface area contributed by atoms with Crippen LogP contribution < -0.4 is 16.4 Å². The van der Waals surface area contributed by atoms with Gasteiger partial charge in [-0.25, -0.2) is 4.98 Å². The number of nitrogens with zero attached hydrogens (tertiary/aromatic N) is 3. The number of hydrogen-bond acceptors (Lipinski definition) is 7. The van der Waals surface area contributed by atoms with Gasteiger partial charge < -0.3 is 26.4 Å². The minimum Gasteiger partial charge on any atom is -0.387 e. The first-order chi connectivity index (χ1) is 14.7. The van der Waals surface area contributed by atoms with Gasteiger partial charge in [-0.15, -0.1) is 0 Å². The predicted octanol–water partition coefficient (Wildman–Crippen LogP) is 1.73. The molecule has 0 radical (unpaired) electrons. The summed E-state index contributed by atoms with van der Waals surface area (Å²) >= 11 is 0. The number of alkyl halides is 3. The van der Waals surface area contributed by atoms with Crippen molar-refractivity contribution in [1.82, 2.24) is 14.9 Å². The fraction of sp³-hybridized carbons (Fsp3) is 0.368. The molecule has 2 amide bonds. The van der Waals surface area contributed by atoms with Gasteiger partial charge in [0, 0.05) is 25.3 Å². The molecule has 31 heavy (non-hydrogen) atoms. The molecule has 1 aliphatic rings. The number of primary amides is 1. The van der Waals surface area contributed by atoms with E-state index in [1.54, 1.807) is 0 Å². The van der Waals surface area contributed by atoms with E-state index in [-0.39, 0.29) is 29.8 Å². The molecule has 1 saturated heterocycles. The average molecular weight is 438 g/mol. The first kappa shape index (κ1) is 22.3. The quantitative estimate of drug-likeness (QED) is 0.540. The molecule has 12 heteroatoms. The number of rotatable bonds is 6. The van der Waals surface area contributed by atoms with Crippen LogP contribution in [0.1, 0.15) is 28.8 Å². The summed E-state index contributed by atoms with van der Waals surface area (Å²) in [5.74, 6) is -1.85. The molecule has 1 aromatic carbocycles. The maximum Gasteiger partial charge on any atom is 0.421 e. The van der Waals surface area contributed by atoms with Gasteiger partial charge in [0.15, 0.2) is 0 Å². The maximum atomic E-state index is 13.5. The number of piperidine rings is 1. The number of para-hydroxylation sites is 1. The molecule has 9 nitrogen and oxygen atoms in total. The zero-order valence-corrected chi connectivity index (χ0v) is 16.3. The highest BCUT2D eigenvalue weighted by atomic mass is 19.4. The summed E-state index contributed by atoms with van der Waals surface area (Å²) in [6.07, 6.45) is -2.80. The monoisotopic (exact) mass is 438 g/mol. The molecule has 0 spiro atoms. The van der Waals surface area contributed by atoms with Crippen LogP contribution in [0.5, 0.6) is 0 Å². The fourth-order valence-corrected chi connectivity index (χ4v) is 3.29. The van der Waals surface area contributed by atoms with Crippen LogP contribution in [-0.4, -0.2) is 57.5 Å². The number of nitrogens with two attached hydrogens (primary N) is 1. The minimum atomic E-state index is -4.74. The van der Waals surface area contributed by atoms with Crippen LogP contribution in [0.2, 0.25) is 0 Å². The van der Waals surface area contributed by atoms with E-state index < -0.39 is 36.0 Å². The van der Waals surface area contributed by atoms with E-state index in [0.29, 0.717) is 25.6 Å². The number of hydrogen-bond donors (Lipinski definition) is 4. The van der Waals surface area contributed by atoms with Crippen molar-refractivity contribution < 1.29 is 27.9 Å². The SMILES string of the molecule is NC(=O)c1ccccc1Nc1nc(N[C@H]2CCCN(C(=O)CO)C2)ncc1C(F)(F)F. The Morgan fingerprint density at radius 1 is 1.29 bits per heavy atom. The lowest BCUT2D eigenvalue weighted by Crippen LogP contribution is -2.46. The molecule has 2 aromatic rings. The van der Waals surface area contributed by atoms with Crippen molar-refractivity contribution in [3.05, 3.63) is 41.6 Å². The number of carbonyl (C=O) groups excluding carboxylic acids is 2. The van der Waals surface area contributed by atoms with Gasteiger partial charge in [0.25, 0.3) is 5.91 Å². The number of nitrogens with one attached hydrogen (secondary N) is 2. The zero-order valence-electron chi connectivity index (χ0n) is 16.3. The Morgan fingerprint density at radius 2 is 2.03 bits per heavy atom. The molecule has 0 saturated carbocycles. The second kappa shape index (κ2) is 9.16. The molecule has 0 aliphatic carbocycles. The van der Waals surface area contributed by atoms with Gasteiger partial charge in [0.2, 0.25) is 11.9 Å². The van der Waals surface area contributed by atoms with Crippen molar-refractivity contribution in [2.75, 3.05) is 30.3 Å². The molecule has 0 bridgehead atoms. The van der Waals surface area contributed by atoms with Crippen LogP contribution in [-0.2, 0) is 11.0 Å². The fourth-order valence-electron chi connectivity index (χ4n) is 3.29. The molecule has 5 N–H and O–H groups in total. The van der Waals surface area contributed by atoms with Gasteiger partial charge in [0.1, 0.15) is 18.0 Å². The van der Waals surface area contributed by atoms with Crippen molar-refractivity contribution >= 4 is 29.3 Å². The van der Waals surface area contributed by atoms with Crippen LogP contribution in [0, 0.1) is 0 Å². The second-order valence-corrected chi connectivity index (χ2v) is 6.97. The van der Waals surface area contributed by atoms with E-state index in [1.807, 2.05) is 0 Å². The number of carbonyl (C=O) groups is 2. The van der Waals surface area contributed by atoms with Crippen molar-refractivity contribution in [1.29, 1.82) is 0 Å². The maximum absolute atomic E-state index is 13.5. The van der Waals surface area contributed by atoms with E-state index in [0.717, 1.165) is 0 Å². The Morgan fingerprint density at radius 3 is 2.71 bits per heavy atom. The molecule has 2 heterocycles. The number of aromatic nitrogens is 2. The lowest BCUT2D eigenvalue weighted by atomic mass is 10.1. The Balaban J connectivity index is 1.88. The van der Waals surface area contributed by atoms with Gasteiger partial charge in [-0.1, -0.05) is 12.1 Å². The standard InChI is InChI=1S/C19H21F3N6O3/c20-19(21,22)13-8-24-18(25-11-4-3-7-28(9-11)15(30)10-29)27-17(13)26-14-6-2-1-5-12(14)16(23)31/h1-2,5-6,8,11,29H,3-4,7,9-10H2,(H2,23,31)(H2,24,25,26,27)/t11-/m0/s1. The molecule has 1 atom stereocenters. The molecule has 1 fully saturated rings. The molecule has 0 unspecified atom stereocenters. The second-order valence-electron chi connectivity index (χ2n) is 6.97. The highest BCUT2D eigenvalue weighted by Crippen LogP contribution is 2.35. The van der Waals surface area contributed by atoms with Gasteiger partial charge in [-0.3, -0.25) is 9.59 Å². The number of aliphatic hydroxyl groups excluding tert-OH is 1. The highest BCUT2D eigenvalue weighted by Gasteiger charge is 2.36. The molecule has 1 aliphatic heterocycles. The third kappa shape index (κ3) is 5.40. The summed E-state index contributed by atoms with van der Waals surface area (Å²) < 4.78 is 40.4. The summed E-state index contributed by atoms with van der Waals surface area (Å²) in [6, 6.07) is 5.57. The van der Waals surface area contributed by atoms with Gasteiger partial charge in [-0.2, -0.15) is 18.2 Å². The Bertz CT molecular complexity index is 969. The topological polar surface area (TPSA) is 133 Å². The van der Waals surface area contributed by atoms with Gasteiger partial charge >= 0.3 is 6.18 Å². The summed E-state index contributed by atoms with van der Waals surface area (Å²) in [7, 11) is 0. The number of amides is 2. The summed E-state index contributed by atoms with van der Waals surface area (Å²) in [4.78, 5) is 32.5. The highest BCUT2D eigenvalue weighted by molar-refractivity contribution is 5.99. The summed E-state index contributed by atoms with van der Waals surface area (Å²) in [6.45, 7) is 0.135. The number of aliphatic hydroxyl groups is 1. The molecular formula is C19H21F3N6O3. The Labute approximate surface area is 175 Å². The van der Waals surface area contributed by atoms with Crippen molar-refractivity contribution in [2.24, 2.45) is 5.73 Å². The number of anilines is 3. The van der Waals surface area contributed by atoms with Crippen molar-refractivity contribution in [2.45, 2.75) is 25.1 Å². The van der Waals surface area contributed by atoms with Gasteiger partial charge in [-0.05, 0) is 25.0 Å². The Kier molecular flexibility index (Phi) is 6.59. The zero-order chi connectivity index (χ0) is 22.6. The smallest absolute Gasteiger partial charge is 0.387 e. The van der Waals surface area contributed by atoms with Crippen LogP contribution >= 0.6 is 0 Å². The molecular weight excluding hydrogens is 417 g/mol. The first-order valence-corrected chi connectivity index (χ1v) is 9.44. The largest absolute Gasteiger partial charge is 0.421 e. The lowest BCUT2D eigenvalue weighted by Gasteiger charge is -2.32. The van der Waals surface area contributed by atoms with E-state index in [2.05, 4.69) is 20.6 Å². The minimum absolute atomic E-state index is 0.00850. The van der Waals surface area contributed by atoms with Crippen molar-refractivity contribution in [3.63, 3.8) is 0 Å². The van der Waals surface area contributed by atoms with Crippen LogP contribution in [0.4, 0.5) is 30.6 Å². The average Bonchev–Trinajstić information content (AvgIpc) is 2.73. The summed E-state index contributed by atoms with van der Waals surface area (Å²) in [5.41, 5.74) is 4.27. The van der Waals surface area contributed by atoms with E-state index in [9.17, 15) is 22.8 Å². The number of likely N-dealkylation sites (tertiary alicyclic amines) is 1. The molecule has 166 valence electrons. The number of halogens is 3. The van der Waals surface area contributed by atoms with E-state index in [1.165, 1.54) is 29.2 Å². The lowest BCUT2D eigenvalue weighted by molar-refractivity contribution is -0.137. The predicted molar refractivity (Wildman–Crippen MR) is 106 cm³/mol. The van der Waals surface area contributed by atoms with Gasteiger partial charge in [0.05, 0.1) is 11.3 Å². The molecule has 3 rings (SSSR count). The normalized spacial score (nSPS) is 16.6. The van der Waals surface area contributed by atoms with Crippen LogP contribution in [0.3, 0.4) is 0 Å². The van der Waals surface area contributed by atoms with Crippen molar-refractivity contribution in [3.8, 4) is 0 Å². The first-order valence-electron chi connectivity index (χ1n) is 9.44. The van der Waals surface area contributed by atoms with Crippen LogP contribution in [0.25, 0.3) is 0 Å². The Hall–Kier alpha value is -3.41.